The second kappa shape index (κ2) is 9.73. The highest BCUT2D eigenvalue weighted by atomic mass is 16.5. The number of carbonyl (C=O) groups is 3. The average Bonchev–Trinajstić information content (AvgIpc) is 2.77. The molecule has 0 unspecified atom stereocenters. The maximum atomic E-state index is 12.7. The fraction of sp³-hybridized carbons (Fsp3) is 0.571. The molecule has 0 radical (unpaired) electrons. The van der Waals surface area contributed by atoms with Gasteiger partial charge in [-0.05, 0) is 44.2 Å². The van der Waals surface area contributed by atoms with Gasteiger partial charge in [-0.25, -0.2) is 0 Å². The minimum absolute atomic E-state index is 0.00338. The molecule has 2 saturated heterocycles. The van der Waals surface area contributed by atoms with Gasteiger partial charge in [0.25, 0.3) is 5.91 Å². The number of likely N-dealkylation sites (N-methyl/N-ethyl adjacent to an activating group) is 1. The van der Waals surface area contributed by atoms with E-state index in [-0.39, 0.29) is 30.2 Å². The Morgan fingerprint density at radius 2 is 1.59 bits per heavy atom. The maximum absolute atomic E-state index is 12.7. The first kappa shape index (κ1) is 21.1. The quantitative estimate of drug-likeness (QED) is 0.773. The van der Waals surface area contributed by atoms with Gasteiger partial charge in [0.15, 0.2) is 0 Å². The van der Waals surface area contributed by atoms with Crippen molar-refractivity contribution in [2.75, 3.05) is 60.0 Å². The van der Waals surface area contributed by atoms with E-state index in [4.69, 9.17) is 4.74 Å². The van der Waals surface area contributed by atoms with Gasteiger partial charge in [-0.1, -0.05) is 0 Å². The van der Waals surface area contributed by atoms with Crippen molar-refractivity contribution in [3.63, 3.8) is 0 Å². The summed E-state index contributed by atoms with van der Waals surface area (Å²) in [7, 11) is 3.63. The molecule has 0 aliphatic carbocycles. The van der Waals surface area contributed by atoms with E-state index in [1.165, 1.54) is 0 Å². The first-order valence-corrected chi connectivity index (χ1v) is 10.2. The number of methoxy groups -OCH3 is 1. The molecule has 0 aromatic heterocycles. The molecule has 8 heteroatoms. The van der Waals surface area contributed by atoms with E-state index in [9.17, 15) is 14.4 Å². The fourth-order valence-corrected chi connectivity index (χ4v) is 3.77. The number of piperazine rings is 1. The average molecular weight is 402 g/mol. The number of hydrogen-bond donors (Lipinski definition) is 1. The van der Waals surface area contributed by atoms with Gasteiger partial charge in [-0.15, -0.1) is 0 Å². The third-order valence-corrected chi connectivity index (χ3v) is 5.76. The van der Waals surface area contributed by atoms with Crippen LogP contribution < -0.4 is 10.1 Å². The molecule has 2 fully saturated rings. The Morgan fingerprint density at radius 3 is 2.17 bits per heavy atom. The SMILES string of the molecule is COc1ccc(C(=O)NCC(=O)N2CCC(C(=O)N3CCN(C)CC3)CC2)cc1. The van der Waals surface area contributed by atoms with Crippen LogP contribution in [0.5, 0.6) is 5.75 Å². The van der Waals surface area contributed by atoms with Crippen LogP contribution in [0.15, 0.2) is 24.3 Å². The standard InChI is InChI=1S/C21H30N4O4/c1-23-11-13-25(14-12-23)21(28)17-7-9-24(10-8-17)19(26)15-22-20(27)16-3-5-18(29-2)6-4-16/h3-6,17H,7-15H2,1-2H3,(H,22,27). The molecule has 0 atom stereocenters. The normalized spacial score (nSPS) is 18.4. The Balaban J connectivity index is 1.41. The number of nitrogens with one attached hydrogen (secondary N) is 1. The van der Waals surface area contributed by atoms with Crippen molar-refractivity contribution in [1.29, 1.82) is 0 Å². The highest BCUT2D eigenvalue weighted by Crippen LogP contribution is 2.20. The summed E-state index contributed by atoms with van der Waals surface area (Å²) >= 11 is 0. The van der Waals surface area contributed by atoms with Crippen molar-refractivity contribution in [2.45, 2.75) is 12.8 Å². The summed E-state index contributed by atoms with van der Waals surface area (Å²) in [5.41, 5.74) is 0.482. The van der Waals surface area contributed by atoms with Gasteiger partial charge in [-0.2, -0.15) is 0 Å². The molecule has 0 saturated carbocycles. The van der Waals surface area contributed by atoms with Crippen LogP contribution >= 0.6 is 0 Å². The molecular weight excluding hydrogens is 372 g/mol. The van der Waals surface area contributed by atoms with E-state index in [1.807, 2.05) is 4.90 Å². The summed E-state index contributed by atoms with van der Waals surface area (Å²) in [6.07, 6.45) is 1.37. The number of piperidine rings is 1. The lowest BCUT2D eigenvalue weighted by Gasteiger charge is -2.37. The minimum atomic E-state index is -0.291. The van der Waals surface area contributed by atoms with E-state index in [0.717, 1.165) is 26.2 Å². The lowest BCUT2D eigenvalue weighted by Crippen LogP contribution is -2.51. The highest BCUT2D eigenvalue weighted by molar-refractivity contribution is 5.96. The van der Waals surface area contributed by atoms with Gasteiger partial charge in [0, 0.05) is 50.7 Å². The van der Waals surface area contributed by atoms with Crippen molar-refractivity contribution in [1.82, 2.24) is 20.0 Å². The number of nitrogens with zero attached hydrogens (tertiary/aromatic N) is 3. The molecule has 1 N–H and O–H groups in total. The van der Waals surface area contributed by atoms with Crippen LogP contribution in [-0.4, -0.2) is 92.4 Å². The van der Waals surface area contributed by atoms with E-state index in [1.54, 1.807) is 36.3 Å². The summed E-state index contributed by atoms with van der Waals surface area (Å²) in [4.78, 5) is 43.2. The number of rotatable bonds is 5. The molecule has 29 heavy (non-hydrogen) atoms. The monoisotopic (exact) mass is 402 g/mol. The fourth-order valence-electron chi connectivity index (χ4n) is 3.77. The Bertz CT molecular complexity index is 721. The molecule has 2 aliphatic heterocycles. The zero-order valence-corrected chi connectivity index (χ0v) is 17.2. The first-order valence-electron chi connectivity index (χ1n) is 10.2. The number of carbonyl (C=O) groups excluding carboxylic acids is 3. The van der Waals surface area contributed by atoms with Gasteiger partial charge in [0.1, 0.15) is 5.75 Å². The van der Waals surface area contributed by atoms with Crippen LogP contribution in [0, 0.1) is 5.92 Å². The van der Waals surface area contributed by atoms with Crippen LogP contribution in [0.25, 0.3) is 0 Å². The van der Waals surface area contributed by atoms with Gasteiger partial charge in [0.2, 0.25) is 11.8 Å². The number of likely N-dealkylation sites (tertiary alicyclic amines) is 1. The number of benzene rings is 1. The Kier molecular flexibility index (Phi) is 7.09. The Morgan fingerprint density at radius 1 is 0.966 bits per heavy atom. The molecule has 158 valence electrons. The lowest BCUT2D eigenvalue weighted by molar-refractivity contribution is -0.141. The molecule has 1 aromatic carbocycles. The van der Waals surface area contributed by atoms with Gasteiger partial charge < -0.3 is 24.8 Å². The Hall–Kier alpha value is -2.61. The van der Waals surface area contributed by atoms with E-state index in [2.05, 4.69) is 17.3 Å². The Labute approximate surface area is 171 Å². The second-order valence-corrected chi connectivity index (χ2v) is 7.69. The van der Waals surface area contributed by atoms with Gasteiger partial charge in [-0.3, -0.25) is 14.4 Å². The van der Waals surface area contributed by atoms with Crippen LogP contribution in [0.2, 0.25) is 0 Å². The zero-order valence-electron chi connectivity index (χ0n) is 17.2. The summed E-state index contributed by atoms with van der Waals surface area (Å²) < 4.78 is 5.07. The molecule has 8 nitrogen and oxygen atoms in total. The molecule has 1 aromatic rings. The van der Waals surface area contributed by atoms with Crippen LogP contribution in [0.3, 0.4) is 0 Å². The summed E-state index contributed by atoms with van der Waals surface area (Å²) in [6.45, 7) is 4.47. The van der Waals surface area contributed by atoms with E-state index < -0.39 is 0 Å². The number of ether oxygens (including phenoxy) is 1. The second-order valence-electron chi connectivity index (χ2n) is 7.69. The smallest absolute Gasteiger partial charge is 0.251 e. The van der Waals surface area contributed by atoms with Crippen LogP contribution in [0.1, 0.15) is 23.2 Å². The molecule has 2 heterocycles. The van der Waals surface area contributed by atoms with E-state index >= 15 is 0 Å². The summed E-state index contributed by atoms with van der Waals surface area (Å²) in [5, 5.41) is 2.67. The molecule has 3 amide bonds. The van der Waals surface area contributed by atoms with Crippen molar-refractivity contribution < 1.29 is 19.1 Å². The zero-order chi connectivity index (χ0) is 20.8. The number of amides is 3. The first-order chi connectivity index (χ1) is 14.0. The van der Waals surface area contributed by atoms with Crippen molar-refractivity contribution >= 4 is 17.7 Å². The molecular formula is C21H30N4O4. The predicted octanol–water partition coefficient (Wildman–Crippen LogP) is 0.438. The largest absolute Gasteiger partial charge is 0.497 e. The summed E-state index contributed by atoms with van der Waals surface area (Å²) in [5.74, 6) is 0.486. The topological polar surface area (TPSA) is 82.2 Å². The highest BCUT2D eigenvalue weighted by Gasteiger charge is 2.31. The van der Waals surface area contributed by atoms with Crippen molar-refractivity contribution in [2.24, 2.45) is 5.92 Å². The van der Waals surface area contributed by atoms with Gasteiger partial charge in [0.05, 0.1) is 13.7 Å². The molecule has 2 aliphatic rings. The van der Waals surface area contributed by atoms with Crippen LogP contribution in [0.4, 0.5) is 0 Å². The summed E-state index contributed by atoms with van der Waals surface area (Å²) in [6, 6.07) is 6.74. The number of hydrogen-bond acceptors (Lipinski definition) is 5. The van der Waals surface area contributed by atoms with Crippen molar-refractivity contribution in [3.8, 4) is 5.75 Å². The third kappa shape index (κ3) is 5.47. The minimum Gasteiger partial charge on any atom is -0.497 e. The van der Waals surface area contributed by atoms with Crippen LogP contribution in [-0.2, 0) is 9.59 Å². The maximum Gasteiger partial charge on any atom is 0.251 e. The van der Waals surface area contributed by atoms with E-state index in [0.29, 0.717) is 37.2 Å². The predicted molar refractivity (Wildman–Crippen MR) is 109 cm³/mol. The molecule has 3 rings (SSSR count). The van der Waals surface area contributed by atoms with Gasteiger partial charge >= 0.3 is 0 Å². The lowest BCUT2D eigenvalue weighted by atomic mass is 9.95. The third-order valence-electron chi connectivity index (χ3n) is 5.76. The molecule has 0 bridgehead atoms. The molecule has 0 spiro atoms. The van der Waals surface area contributed by atoms with Crippen molar-refractivity contribution in [3.05, 3.63) is 29.8 Å².